The number of carbonyl (C=O) groups excluding carboxylic acids is 2. The summed E-state index contributed by atoms with van der Waals surface area (Å²) in [6.07, 6.45) is 5.26. The van der Waals surface area contributed by atoms with Crippen LogP contribution < -0.4 is 10.1 Å². The number of hydrogen-bond donors (Lipinski definition) is 1. The molecule has 31 heavy (non-hydrogen) atoms. The van der Waals surface area contributed by atoms with Crippen LogP contribution in [0.5, 0.6) is 5.75 Å². The Morgan fingerprint density at radius 1 is 1.35 bits per heavy atom. The number of ether oxygens (including phenoxy) is 1. The van der Waals surface area contributed by atoms with Gasteiger partial charge in [0.05, 0.1) is 23.9 Å². The van der Waals surface area contributed by atoms with Crippen LogP contribution in [-0.2, 0) is 11.8 Å². The third kappa shape index (κ3) is 4.38. The zero-order valence-corrected chi connectivity index (χ0v) is 18.1. The number of aliphatic imine (C=N–C) groups is 1. The molecule has 0 saturated carbocycles. The van der Waals surface area contributed by atoms with Gasteiger partial charge in [-0.2, -0.15) is 0 Å². The fourth-order valence-electron chi connectivity index (χ4n) is 3.86. The summed E-state index contributed by atoms with van der Waals surface area (Å²) in [5, 5.41) is 2.79. The van der Waals surface area contributed by atoms with Crippen LogP contribution in [0.2, 0.25) is 0 Å². The zero-order chi connectivity index (χ0) is 22.1. The molecule has 0 aliphatic carbocycles. The predicted molar refractivity (Wildman–Crippen MR) is 119 cm³/mol. The Hall–Kier alpha value is -3.42. The van der Waals surface area contributed by atoms with E-state index in [1.54, 1.807) is 6.20 Å². The van der Waals surface area contributed by atoms with E-state index in [-0.39, 0.29) is 17.9 Å². The fourth-order valence-corrected chi connectivity index (χ4v) is 3.86. The summed E-state index contributed by atoms with van der Waals surface area (Å²) in [5.41, 5.74) is 3.12. The summed E-state index contributed by atoms with van der Waals surface area (Å²) in [4.78, 5) is 35.7. The number of nitrogens with zero attached hydrogens (tertiary/aromatic N) is 4. The Morgan fingerprint density at radius 2 is 2.16 bits per heavy atom. The van der Waals surface area contributed by atoms with E-state index in [4.69, 9.17) is 4.74 Å². The highest BCUT2D eigenvalue weighted by atomic mass is 16.5. The second-order valence-electron chi connectivity index (χ2n) is 8.15. The molecule has 162 valence electrons. The van der Waals surface area contributed by atoms with Crippen molar-refractivity contribution in [1.82, 2.24) is 14.5 Å². The first-order valence-corrected chi connectivity index (χ1v) is 10.4. The molecule has 1 atom stereocenters. The SMILES string of the molecule is C=C1C[C@@H]2C=Nc3cc(OCCCC(=O)Nc4cn(C)c(C)n4)c(C)cc3C(=O)N2C1. The molecule has 8 heteroatoms. The average Bonchev–Trinajstić information content (AvgIpc) is 3.21. The third-order valence-corrected chi connectivity index (χ3v) is 5.64. The lowest BCUT2D eigenvalue weighted by atomic mass is 10.1. The number of nitrogens with one attached hydrogen (secondary N) is 1. The number of hydrogen-bond acceptors (Lipinski definition) is 5. The number of rotatable bonds is 6. The van der Waals surface area contributed by atoms with Gasteiger partial charge in [0.1, 0.15) is 11.6 Å². The summed E-state index contributed by atoms with van der Waals surface area (Å²) in [6, 6.07) is 3.62. The standard InChI is InChI=1S/C23H27N5O3/c1-14-8-17-11-24-19-10-20(15(2)9-18(19)23(30)28(17)12-14)31-7-5-6-22(29)26-21-13-27(4)16(3)25-21/h9-11,13,17H,1,5-8,12H2,2-4H3,(H,26,29)/t17-/m1/s1. The Labute approximate surface area is 181 Å². The molecule has 8 nitrogen and oxygen atoms in total. The van der Waals surface area contributed by atoms with Gasteiger partial charge in [-0.25, -0.2) is 4.98 Å². The Kier molecular flexibility index (Phi) is 5.63. The van der Waals surface area contributed by atoms with Crippen molar-refractivity contribution in [3.63, 3.8) is 0 Å². The summed E-state index contributed by atoms with van der Waals surface area (Å²) < 4.78 is 7.76. The van der Waals surface area contributed by atoms with Crippen molar-refractivity contribution in [1.29, 1.82) is 0 Å². The number of carbonyl (C=O) groups is 2. The zero-order valence-electron chi connectivity index (χ0n) is 18.1. The molecule has 0 bridgehead atoms. The summed E-state index contributed by atoms with van der Waals surface area (Å²) >= 11 is 0. The second-order valence-corrected chi connectivity index (χ2v) is 8.15. The molecule has 0 radical (unpaired) electrons. The van der Waals surface area contributed by atoms with Gasteiger partial charge in [0.15, 0.2) is 5.82 Å². The Bertz CT molecular complexity index is 1070. The fraction of sp³-hybridized carbons (Fsp3) is 0.391. The summed E-state index contributed by atoms with van der Waals surface area (Å²) in [6.45, 7) is 8.76. The van der Waals surface area contributed by atoms with Gasteiger partial charge in [-0.3, -0.25) is 14.6 Å². The minimum atomic E-state index is -0.0993. The first-order valence-electron chi connectivity index (χ1n) is 10.4. The maximum atomic E-state index is 12.9. The van der Waals surface area contributed by atoms with E-state index >= 15 is 0 Å². The molecule has 0 unspecified atom stereocenters. The van der Waals surface area contributed by atoms with Gasteiger partial charge in [0, 0.05) is 38.5 Å². The maximum absolute atomic E-state index is 12.9. The van der Waals surface area contributed by atoms with Crippen molar-refractivity contribution < 1.29 is 14.3 Å². The molecule has 1 fully saturated rings. The van der Waals surface area contributed by atoms with Crippen LogP contribution >= 0.6 is 0 Å². The number of benzene rings is 1. The number of anilines is 1. The van der Waals surface area contributed by atoms with Gasteiger partial charge in [0.2, 0.25) is 5.91 Å². The second kappa shape index (κ2) is 8.37. The van der Waals surface area contributed by atoms with Crippen LogP contribution in [0.1, 0.15) is 41.0 Å². The molecule has 1 N–H and O–H groups in total. The molecule has 2 aliphatic rings. The van der Waals surface area contributed by atoms with Gasteiger partial charge in [0.25, 0.3) is 5.91 Å². The van der Waals surface area contributed by atoms with E-state index in [0.717, 1.165) is 23.4 Å². The lowest BCUT2D eigenvalue weighted by Gasteiger charge is -2.20. The highest BCUT2D eigenvalue weighted by Crippen LogP contribution is 2.34. The minimum absolute atomic E-state index is 0.0211. The molecule has 2 aliphatic heterocycles. The first-order chi connectivity index (χ1) is 14.8. The quantitative estimate of drug-likeness (QED) is 0.572. The normalized spacial score (nSPS) is 17.4. The molecular formula is C23H27N5O3. The Balaban J connectivity index is 1.35. The van der Waals surface area contributed by atoms with Crippen molar-refractivity contribution in [2.75, 3.05) is 18.5 Å². The van der Waals surface area contributed by atoms with Crippen molar-refractivity contribution in [3.05, 3.63) is 47.4 Å². The highest BCUT2D eigenvalue weighted by molar-refractivity contribution is 6.03. The number of aryl methyl sites for hydroxylation is 3. The lowest BCUT2D eigenvalue weighted by molar-refractivity contribution is -0.116. The van der Waals surface area contributed by atoms with Crippen LogP contribution in [0.3, 0.4) is 0 Å². The van der Waals surface area contributed by atoms with Gasteiger partial charge in [-0.05, 0) is 38.3 Å². The van der Waals surface area contributed by atoms with Crippen LogP contribution in [0.4, 0.5) is 11.5 Å². The number of aromatic nitrogens is 2. The molecular weight excluding hydrogens is 394 g/mol. The third-order valence-electron chi connectivity index (χ3n) is 5.64. The molecule has 3 heterocycles. The van der Waals surface area contributed by atoms with Crippen LogP contribution in [0, 0.1) is 13.8 Å². The van der Waals surface area contributed by atoms with E-state index < -0.39 is 0 Å². The van der Waals surface area contributed by atoms with Crippen molar-refractivity contribution in [2.24, 2.45) is 12.0 Å². The first kappa shape index (κ1) is 20.8. The largest absolute Gasteiger partial charge is 0.493 e. The molecule has 2 aromatic rings. The van der Waals surface area contributed by atoms with Gasteiger partial charge in [-0.15, -0.1) is 0 Å². The smallest absolute Gasteiger partial charge is 0.256 e. The van der Waals surface area contributed by atoms with E-state index in [1.807, 2.05) is 48.7 Å². The van der Waals surface area contributed by atoms with Crippen molar-refractivity contribution in [2.45, 2.75) is 39.2 Å². The number of imidazole rings is 1. The van der Waals surface area contributed by atoms with E-state index in [0.29, 0.717) is 48.8 Å². The van der Waals surface area contributed by atoms with E-state index in [9.17, 15) is 9.59 Å². The predicted octanol–water partition coefficient (Wildman–Crippen LogP) is 3.32. The monoisotopic (exact) mass is 421 g/mol. The number of fused-ring (bicyclic) bond motifs is 2. The van der Waals surface area contributed by atoms with Crippen LogP contribution in [0.15, 0.2) is 35.5 Å². The summed E-state index contributed by atoms with van der Waals surface area (Å²) in [5.74, 6) is 1.95. The Morgan fingerprint density at radius 3 is 2.90 bits per heavy atom. The summed E-state index contributed by atoms with van der Waals surface area (Å²) in [7, 11) is 1.88. The van der Waals surface area contributed by atoms with E-state index in [2.05, 4.69) is 21.9 Å². The van der Waals surface area contributed by atoms with Gasteiger partial charge >= 0.3 is 0 Å². The van der Waals surface area contributed by atoms with Crippen LogP contribution in [0.25, 0.3) is 0 Å². The molecule has 0 spiro atoms. The molecule has 1 aromatic carbocycles. The molecule has 1 saturated heterocycles. The lowest BCUT2D eigenvalue weighted by Crippen LogP contribution is -2.35. The van der Waals surface area contributed by atoms with Crippen molar-refractivity contribution >= 4 is 29.5 Å². The molecule has 1 aromatic heterocycles. The van der Waals surface area contributed by atoms with Gasteiger partial charge in [-0.1, -0.05) is 12.2 Å². The van der Waals surface area contributed by atoms with Crippen LogP contribution in [-0.4, -0.2) is 51.7 Å². The average molecular weight is 422 g/mol. The van der Waals surface area contributed by atoms with Crippen molar-refractivity contribution in [3.8, 4) is 5.75 Å². The topological polar surface area (TPSA) is 88.8 Å². The molecule has 2 amide bonds. The minimum Gasteiger partial charge on any atom is -0.493 e. The number of amides is 2. The van der Waals surface area contributed by atoms with Gasteiger partial charge < -0.3 is 19.5 Å². The maximum Gasteiger partial charge on any atom is 0.256 e. The highest BCUT2D eigenvalue weighted by Gasteiger charge is 2.33. The molecule has 4 rings (SSSR count). The van der Waals surface area contributed by atoms with E-state index in [1.165, 1.54) is 0 Å².